The number of benzene rings is 1. The van der Waals surface area contributed by atoms with E-state index in [0.717, 1.165) is 5.76 Å². The molecular formula is C14H11Cl3N4O. The normalized spacial score (nSPS) is 14.0. The number of anilines is 2. The highest BCUT2D eigenvalue weighted by atomic mass is 35.5. The molecule has 114 valence electrons. The molecule has 0 radical (unpaired) electrons. The Kier molecular flexibility index (Phi) is 4.04. The highest BCUT2D eigenvalue weighted by Gasteiger charge is 2.19. The molecule has 0 aliphatic carbocycles. The number of halogens is 3. The number of hydroxylamine groups is 1. The van der Waals surface area contributed by atoms with Crippen molar-refractivity contribution < 1.29 is 4.84 Å². The predicted octanol–water partition coefficient (Wildman–Crippen LogP) is 4.34. The second-order valence-electron chi connectivity index (χ2n) is 4.68. The van der Waals surface area contributed by atoms with Gasteiger partial charge in [-0.3, -0.25) is 0 Å². The lowest BCUT2D eigenvalue weighted by atomic mass is 10.1. The van der Waals surface area contributed by atoms with Crippen LogP contribution in [0.2, 0.25) is 15.1 Å². The Morgan fingerprint density at radius 2 is 2.05 bits per heavy atom. The maximum atomic E-state index is 6.20. The Morgan fingerprint density at radius 3 is 2.68 bits per heavy atom. The van der Waals surface area contributed by atoms with Crippen molar-refractivity contribution in [1.82, 2.24) is 9.97 Å². The van der Waals surface area contributed by atoms with Gasteiger partial charge in [-0.05, 0) is 25.1 Å². The van der Waals surface area contributed by atoms with E-state index in [1.165, 1.54) is 0 Å². The smallest absolute Gasteiger partial charge is 0.184 e. The van der Waals surface area contributed by atoms with Gasteiger partial charge in [-0.1, -0.05) is 34.8 Å². The van der Waals surface area contributed by atoms with Crippen molar-refractivity contribution in [3.63, 3.8) is 0 Å². The molecular weight excluding hydrogens is 347 g/mol. The zero-order valence-corrected chi connectivity index (χ0v) is 13.7. The summed E-state index contributed by atoms with van der Waals surface area (Å²) in [6, 6.07) is 3.20. The second kappa shape index (κ2) is 5.83. The summed E-state index contributed by atoms with van der Waals surface area (Å²) in [5.74, 6) is 1.53. The van der Waals surface area contributed by atoms with Gasteiger partial charge in [0, 0.05) is 10.6 Å². The van der Waals surface area contributed by atoms with Gasteiger partial charge < -0.3 is 10.6 Å². The number of nitrogens with zero attached hydrogens (tertiary/aromatic N) is 3. The molecule has 8 heteroatoms. The van der Waals surface area contributed by atoms with Crippen LogP contribution >= 0.6 is 34.8 Å². The summed E-state index contributed by atoms with van der Waals surface area (Å²) < 4.78 is 0. The van der Waals surface area contributed by atoms with Crippen LogP contribution in [0.15, 0.2) is 30.2 Å². The lowest BCUT2D eigenvalue weighted by Gasteiger charge is -2.17. The maximum Gasteiger partial charge on any atom is 0.184 e. The van der Waals surface area contributed by atoms with E-state index in [2.05, 4.69) is 9.97 Å². The predicted molar refractivity (Wildman–Crippen MR) is 89.1 cm³/mol. The monoisotopic (exact) mass is 356 g/mol. The first-order chi connectivity index (χ1) is 10.5. The fourth-order valence-corrected chi connectivity index (χ4v) is 2.74. The minimum Gasteiger partial charge on any atom is -0.383 e. The average Bonchev–Trinajstić information content (AvgIpc) is 2.89. The Bertz CT molecular complexity index is 779. The van der Waals surface area contributed by atoms with E-state index >= 15 is 0 Å². The first-order valence-electron chi connectivity index (χ1n) is 6.35. The number of aromatic nitrogens is 2. The van der Waals surface area contributed by atoms with Crippen LogP contribution in [-0.2, 0) is 4.84 Å². The molecule has 0 spiro atoms. The van der Waals surface area contributed by atoms with Crippen molar-refractivity contribution >= 4 is 46.4 Å². The molecule has 1 aromatic heterocycles. The standard InChI is InChI=1S/C14H11Cl3N4O/c1-7-2-3-21(22-7)11-6-19-13(14(18)20-11)9-4-8(15)5-10(16)12(9)17/h2,4-6H,3H2,1H3,(H2,18,20). The molecule has 0 saturated heterocycles. The van der Waals surface area contributed by atoms with Gasteiger partial charge in [-0.15, -0.1) is 0 Å². The number of allylic oxidation sites excluding steroid dienone is 1. The highest BCUT2D eigenvalue weighted by Crippen LogP contribution is 2.37. The number of hydrogen-bond acceptors (Lipinski definition) is 5. The molecule has 2 N–H and O–H groups in total. The lowest BCUT2D eigenvalue weighted by molar-refractivity contribution is 0.212. The van der Waals surface area contributed by atoms with Crippen molar-refractivity contribution in [2.45, 2.75) is 6.92 Å². The van der Waals surface area contributed by atoms with Crippen LogP contribution in [-0.4, -0.2) is 16.5 Å². The average molecular weight is 358 g/mol. The molecule has 0 atom stereocenters. The van der Waals surface area contributed by atoms with E-state index in [4.69, 9.17) is 45.4 Å². The molecule has 1 aliphatic heterocycles. The molecule has 0 fully saturated rings. The molecule has 3 rings (SSSR count). The zero-order chi connectivity index (χ0) is 15.9. The van der Waals surface area contributed by atoms with Crippen LogP contribution in [0, 0.1) is 0 Å². The molecule has 0 saturated carbocycles. The van der Waals surface area contributed by atoms with Gasteiger partial charge in [0.2, 0.25) is 0 Å². The Morgan fingerprint density at radius 1 is 1.27 bits per heavy atom. The van der Waals surface area contributed by atoms with E-state index in [0.29, 0.717) is 38.7 Å². The Balaban J connectivity index is 2.00. The Labute approximate surface area is 142 Å². The van der Waals surface area contributed by atoms with Crippen LogP contribution in [0.4, 0.5) is 11.6 Å². The molecule has 1 aliphatic rings. The van der Waals surface area contributed by atoms with E-state index in [9.17, 15) is 0 Å². The summed E-state index contributed by atoms with van der Waals surface area (Å²) in [5.41, 5.74) is 6.96. The van der Waals surface area contributed by atoms with Crippen molar-refractivity contribution in [2.75, 3.05) is 17.3 Å². The van der Waals surface area contributed by atoms with E-state index in [1.807, 2.05) is 13.0 Å². The number of hydrogen-bond donors (Lipinski definition) is 1. The summed E-state index contributed by atoms with van der Waals surface area (Å²) in [4.78, 5) is 14.1. The minimum absolute atomic E-state index is 0.214. The Hall–Kier alpha value is -1.69. The van der Waals surface area contributed by atoms with Crippen molar-refractivity contribution in [1.29, 1.82) is 0 Å². The first kappa shape index (κ1) is 15.2. The third-order valence-corrected chi connectivity index (χ3v) is 4.11. The number of rotatable bonds is 2. The topological polar surface area (TPSA) is 64.3 Å². The van der Waals surface area contributed by atoms with Crippen molar-refractivity contribution in [2.24, 2.45) is 0 Å². The minimum atomic E-state index is 0.214. The van der Waals surface area contributed by atoms with Gasteiger partial charge in [0.15, 0.2) is 11.6 Å². The van der Waals surface area contributed by atoms with Crippen LogP contribution in [0.25, 0.3) is 11.3 Å². The third kappa shape index (κ3) is 2.79. The number of nitrogens with two attached hydrogens (primary N) is 1. The summed E-state index contributed by atoms with van der Waals surface area (Å²) in [7, 11) is 0. The molecule has 1 aromatic carbocycles. The van der Waals surface area contributed by atoms with Crippen LogP contribution in [0.1, 0.15) is 6.92 Å². The quantitative estimate of drug-likeness (QED) is 0.810. The van der Waals surface area contributed by atoms with E-state index in [1.54, 1.807) is 23.4 Å². The fourth-order valence-electron chi connectivity index (χ4n) is 2.05. The van der Waals surface area contributed by atoms with E-state index < -0.39 is 0 Å². The highest BCUT2D eigenvalue weighted by molar-refractivity contribution is 6.45. The van der Waals surface area contributed by atoms with Crippen molar-refractivity contribution in [3.05, 3.63) is 45.2 Å². The molecule has 22 heavy (non-hydrogen) atoms. The van der Waals surface area contributed by atoms with Gasteiger partial charge >= 0.3 is 0 Å². The molecule has 0 bridgehead atoms. The largest absolute Gasteiger partial charge is 0.383 e. The SMILES string of the molecule is CC1=CCN(c2cnc(-c3cc(Cl)cc(Cl)c3Cl)c(N)n2)O1. The van der Waals surface area contributed by atoms with Crippen LogP contribution in [0.5, 0.6) is 0 Å². The molecule has 0 amide bonds. The zero-order valence-electron chi connectivity index (χ0n) is 11.5. The summed E-state index contributed by atoms with van der Waals surface area (Å²) in [6.07, 6.45) is 3.49. The van der Waals surface area contributed by atoms with Crippen molar-refractivity contribution in [3.8, 4) is 11.3 Å². The fraction of sp³-hybridized carbons (Fsp3) is 0.143. The van der Waals surface area contributed by atoms with Gasteiger partial charge in [0.05, 0.1) is 22.8 Å². The third-order valence-electron chi connectivity index (χ3n) is 3.09. The molecule has 2 heterocycles. The van der Waals surface area contributed by atoms with Gasteiger partial charge in [0.25, 0.3) is 0 Å². The summed E-state index contributed by atoms with van der Waals surface area (Å²) >= 11 is 18.2. The second-order valence-corrected chi connectivity index (χ2v) is 5.90. The lowest BCUT2D eigenvalue weighted by Crippen LogP contribution is -2.19. The summed E-state index contributed by atoms with van der Waals surface area (Å²) in [6.45, 7) is 2.45. The van der Waals surface area contributed by atoms with Gasteiger partial charge in [0.1, 0.15) is 11.5 Å². The molecule has 2 aromatic rings. The molecule has 0 unspecified atom stereocenters. The van der Waals surface area contributed by atoms with Gasteiger partial charge in [-0.2, -0.15) is 5.06 Å². The molecule has 5 nitrogen and oxygen atoms in total. The van der Waals surface area contributed by atoms with E-state index in [-0.39, 0.29) is 5.82 Å². The van der Waals surface area contributed by atoms with Crippen LogP contribution < -0.4 is 10.8 Å². The maximum absolute atomic E-state index is 6.20. The summed E-state index contributed by atoms with van der Waals surface area (Å²) in [5, 5.41) is 2.69. The van der Waals surface area contributed by atoms with Crippen LogP contribution in [0.3, 0.4) is 0 Å². The number of nitrogen functional groups attached to an aromatic ring is 1. The first-order valence-corrected chi connectivity index (χ1v) is 7.49. The van der Waals surface area contributed by atoms with Gasteiger partial charge in [-0.25, -0.2) is 9.97 Å².